The van der Waals surface area contributed by atoms with E-state index in [4.69, 9.17) is 0 Å². The zero-order valence-corrected chi connectivity index (χ0v) is 11.3. The Morgan fingerprint density at radius 2 is 2.00 bits per heavy atom. The van der Waals surface area contributed by atoms with Gasteiger partial charge in [-0.05, 0) is 24.6 Å². The van der Waals surface area contributed by atoms with Crippen molar-refractivity contribution >= 4 is 17.3 Å². The Morgan fingerprint density at radius 3 is 2.68 bits per heavy atom. The predicted molar refractivity (Wildman–Crippen MR) is 77.7 cm³/mol. The number of carbonyl (C=O) groups is 1. The van der Waals surface area contributed by atoms with Crippen molar-refractivity contribution in [1.82, 2.24) is 4.98 Å². The van der Waals surface area contributed by atoms with Gasteiger partial charge in [0.15, 0.2) is 0 Å². The number of nitrogens with one attached hydrogen (secondary N) is 1. The minimum Gasteiger partial charge on any atom is -0.386 e. The SMILES string of the molecule is CNc1cnccc1C(=O)N(C)c1ccccc1C. The van der Waals surface area contributed by atoms with Gasteiger partial charge < -0.3 is 10.2 Å². The van der Waals surface area contributed by atoms with E-state index in [1.165, 1.54) is 0 Å². The maximum Gasteiger partial charge on any atom is 0.260 e. The number of aromatic nitrogens is 1. The minimum atomic E-state index is -0.0546. The van der Waals surface area contributed by atoms with E-state index in [0.29, 0.717) is 5.56 Å². The van der Waals surface area contributed by atoms with Crippen molar-refractivity contribution < 1.29 is 4.79 Å². The molecular weight excluding hydrogens is 238 g/mol. The number of carbonyl (C=O) groups excluding carboxylic acids is 1. The molecule has 1 aromatic carbocycles. The van der Waals surface area contributed by atoms with Gasteiger partial charge in [0, 0.05) is 26.0 Å². The number of benzene rings is 1. The van der Waals surface area contributed by atoms with E-state index < -0.39 is 0 Å². The highest BCUT2D eigenvalue weighted by molar-refractivity contribution is 6.09. The first-order valence-electron chi connectivity index (χ1n) is 6.10. The van der Waals surface area contributed by atoms with Gasteiger partial charge >= 0.3 is 0 Å². The molecule has 1 aromatic heterocycles. The van der Waals surface area contributed by atoms with E-state index in [1.807, 2.05) is 31.2 Å². The maximum atomic E-state index is 12.5. The Bertz CT molecular complexity index is 595. The number of aryl methyl sites for hydroxylation is 1. The number of pyridine rings is 1. The lowest BCUT2D eigenvalue weighted by atomic mass is 10.1. The van der Waals surface area contributed by atoms with Gasteiger partial charge in [-0.1, -0.05) is 18.2 Å². The Morgan fingerprint density at radius 1 is 1.26 bits per heavy atom. The topological polar surface area (TPSA) is 45.2 Å². The number of para-hydroxylation sites is 1. The van der Waals surface area contributed by atoms with Gasteiger partial charge in [-0.15, -0.1) is 0 Å². The third kappa shape index (κ3) is 2.57. The molecule has 0 fully saturated rings. The van der Waals surface area contributed by atoms with Crippen molar-refractivity contribution in [2.75, 3.05) is 24.3 Å². The number of hydrogen-bond donors (Lipinski definition) is 1. The van der Waals surface area contributed by atoms with Crippen LogP contribution in [0.15, 0.2) is 42.7 Å². The Hall–Kier alpha value is -2.36. The fourth-order valence-electron chi connectivity index (χ4n) is 2.01. The number of anilines is 2. The van der Waals surface area contributed by atoms with Gasteiger partial charge in [0.1, 0.15) is 0 Å². The predicted octanol–water partition coefficient (Wildman–Crippen LogP) is 2.71. The molecule has 2 rings (SSSR count). The summed E-state index contributed by atoms with van der Waals surface area (Å²) in [6, 6.07) is 9.54. The van der Waals surface area contributed by atoms with Gasteiger partial charge in [0.05, 0.1) is 17.4 Å². The summed E-state index contributed by atoms with van der Waals surface area (Å²) < 4.78 is 0. The van der Waals surface area contributed by atoms with Crippen LogP contribution in [-0.4, -0.2) is 25.0 Å². The Balaban J connectivity index is 2.37. The fourth-order valence-corrected chi connectivity index (χ4v) is 2.01. The second-order valence-corrected chi connectivity index (χ2v) is 4.32. The molecule has 0 spiro atoms. The molecule has 4 heteroatoms. The zero-order chi connectivity index (χ0) is 13.8. The third-order valence-corrected chi connectivity index (χ3v) is 3.10. The quantitative estimate of drug-likeness (QED) is 0.917. The summed E-state index contributed by atoms with van der Waals surface area (Å²) in [7, 11) is 3.56. The third-order valence-electron chi connectivity index (χ3n) is 3.10. The smallest absolute Gasteiger partial charge is 0.260 e. The second-order valence-electron chi connectivity index (χ2n) is 4.32. The number of rotatable bonds is 3. The van der Waals surface area contributed by atoms with Crippen molar-refractivity contribution in [3.05, 3.63) is 53.9 Å². The van der Waals surface area contributed by atoms with Crippen molar-refractivity contribution in [1.29, 1.82) is 0 Å². The van der Waals surface area contributed by atoms with Gasteiger partial charge in [-0.2, -0.15) is 0 Å². The lowest BCUT2D eigenvalue weighted by Crippen LogP contribution is -2.27. The molecule has 0 radical (unpaired) electrons. The summed E-state index contributed by atoms with van der Waals surface area (Å²) in [5.41, 5.74) is 3.32. The molecule has 2 aromatic rings. The lowest BCUT2D eigenvalue weighted by molar-refractivity contribution is 0.0993. The van der Waals surface area contributed by atoms with E-state index in [-0.39, 0.29) is 5.91 Å². The summed E-state index contributed by atoms with van der Waals surface area (Å²) >= 11 is 0. The van der Waals surface area contributed by atoms with Crippen LogP contribution in [0.3, 0.4) is 0 Å². The first-order valence-corrected chi connectivity index (χ1v) is 6.10. The van der Waals surface area contributed by atoms with E-state index in [1.54, 1.807) is 37.5 Å². The van der Waals surface area contributed by atoms with Gasteiger partial charge in [0.25, 0.3) is 5.91 Å². The van der Waals surface area contributed by atoms with Crippen LogP contribution >= 0.6 is 0 Å². The molecule has 0 unspecified atom stereocenters. The zero-order valence-electron chi connectivity index (χ0n) is 11.3. The molecule has 0 bridgehead atoms. The normalized spacial score (nSPS) is 10.1. The molecule has 98 valence electrons. The van der Waals surface area contributed by atoms with E-state index in [2.05, 4.69) is 10.3 Å². The highest BCUT2D eigenvalue weighted by Crippen LogP contribution is 2.22. The minimum absolute atomic E-state index is 0.0546. The van der Waals surface area contributed by atoms with Crippen LogP contribution < -0.4 is 10.2 Å². The highest BCUT2D eigenvalue weighted by Gasteiger charge is 2.17. The Kier molecular flexibility index (Phi) is 3.80. The first-order chi connectivity index (χ1) is 9.15. The van der Waals surface area contributed by atoms with Crippen LogP contribution in [0.4, 0.5) is 11.4 Å². The fraction of sp³-hybridized carbons (Fsp3) is 0.200. The molecule has 0 saturated carbocycles. The van der Waals surface area contributed by atoms with Crippen LogP contribution in [0.2, 0.25) is 0 Å². The van der Waals surface area contributed by atoms with Crippen molar-refractivity contribution in [3.8, 4) is 0 Å². The summed E-state index contributed by atoms with van der Waals surface area (Å²) in [5.74, 6) is -0.0546. The summed E-state index contributed by atoms with van der Waals surface area (Å²) in [4.78, 5) is 18.2. The van der Waals surface area contributed by atoms with E-state index in [9.17, 15) is 4.79 Å². The second kappa shape index (κ2) is 5.52. The summed E-state index contributed by atoms with van der Waals surface area (Å²) in [6.45, 7) is 1.99. The molecule has 0 aliphatic heterocycles. The molecule has 1 heterocycles. The maximum absolute atomic E-state index is 12.5. The largest absolute Gasteiger partial charge is 0.386 e. The van der Waals surface area contributed by atoms with Crippen molar-refractivity contribution in [2.24, 2.45) is 0 Å². The number of hydrogen-bond acceptors (Lipinski definition) is 3. The van der Waals surface area contributed by atoms with Gasteiger partial charge in [-0.25, -0.2) is 0 Å². The van der Waals surface area contributed by atoms with Crippen LogP contribution in [0, 0.1) is 6.92 Å². The average Bonchev–Trinajstić information content (AvgIpc) is 2.46. The van der Waals surface area contributed by atoms with Crippen LogP contribution in [0.5, 0.6) is 0 Å². The average molecular weight is 255 g/mol. The first kappa shape index (κ1) is 13.1. The standard InChI is InChI=1S/C15H17N3O/c1-11-6-4-5-7-14(11)18(3)15(19)12-8-9-17-10-13(12)16-2/h4-10,16H,1-3H3. The molecule has 0 aliphatic rings. The molecule has 0 aliphatic carbocycles. The monoisotopic (exact) mass is 255 g/mol. The van der Waals surface area contributed by atoms with Gasteiger partial charge in [0.2, 0.25) is 0 Å². The number of nitrogens with zero attached hydrogens (tertiary/aromatic N) is 2. The van der Waals surface area contributed by atoms with Crippen LogP contribution in [-0.2, 0) is 0 Å². The molecule has 4 nitrogen and oxygen atoms in total. The Labute approximate surface area is 113 Å². The lowest BCUT2D eigenvalue weighted by Gasteiger charge is -2.20. The van der Waals surface area contributed by atoms with E-state index in [0.717, 1.165) is 16.9 Å². The summed E-state index contributed by atoms with van der Waals surface area (Å²) in [6.07, 6.45) is 3.28. The molecule has 1 amide bonds. The van der Waals surface area contributed by atoms with Crippen LogP contribution in [0.25, 0.3) is 0 Å². The molecule has 0 saturated heterocycles. The van der Waals surface area contributed by atoms with Gasteiger partial charge in [-0.3, -0.25) is 9.78 Å². The highest BCUT2D eigenvalue weighted by atomic mass is 16.2. The van der Waals surface area contributed by atoms with Crippen LogP contribution in [0.1, 0.15) is 15.9 Å². The van der Waals surface area contributed by atoms with E-state index >= 15 is 0 Å². The van der Waals surface area contributed by atoms with Crippen molar-refractivity contribution in [3.63, 3.8) is 0 Å². The summed E-state index contributed by atoms with van der Waals surface area (Å²) in [5, 5.41) is 2.99. The molecule has 1 N–H and O–H groups in total. The molecule has 19 heavy (non-hydrogen) atoms. The molecule has 0 atom stereocenters. The number of amides is 1. The van der Waals surface area contributed by atoms with Crippen molar-refractivity contribution in [2.45, 2.75) is 6.92 Å². The molecular formula is C15H17N3O.